The molecule has 0 N–H and O–H groups in total. The molecule has 0 saturated carbocycles. The van der Waals surface area contributed by atoms with E-state index in [2.05, 4.69) is 4.74 Å². The quantitative estimate of drug-likeness (QED) is 0.629. The van der Waals surface area contributed by atoms with E-state index in [1.165, 1.54) is 13.8 Å². The molecule has 0 aliphatic heterocycles. The summed E-state index contributed by atoms with van der Waals surface area (Å²) in [6.45, 7) is 2.63. The number of halogens is 6. The molecule has 17 heavy (non-hydrogen) atoms. The van der Waals surface area contributed by atoms with Gasteiger partial charge in [0, 0.05) is 0 Å². The Morgan fingerprint density at radius 2 is 1.06 bits per heavy atom. The van der Waals surface area contributed by atoms with Gasteiger partial charge in [-0.25, -0.2) is 8.78 Å². The van der Waals surface area contributed by atoms with Crippen LogP contribution in [0.25, 0.3) is 0 Å². The Morgan fingerprint density at radius 1 is 0.765 bits per heavy atom. The Bertz CT molecular complexity index is 274. The molecule has 0 spiro atoms. The number of rotatable bonds is 6. The minimum atomic E-state index is -2.60. The third kappa shape index (κ3) is 4.80. The monoisotopic (exact) mass is 262 g/mol. The minimum Gasteiger partial charge on any atom is -0.360 e. The third-order valence-electron chi connectivity index (χ3n) is 2.00. The predicted octanol–water partition coefficient (Wildman–Crippen LogP) is 4.72. The maximum atomic E-state index is 12.8. The Hall–Kier alpha value is -0.980. The lowest BCUT2D eigenvalue weighted by Gasteiger charge is -2.20. The molecule has 2 atom stereocenters. The van der Waals surface area contributed by atoms with Crippen molar-refractivity contribution in [1.29, 1.82) is 0 Å². The van der Waals surface area contributed by atoms with Crippen LogP contribution < -0.4 is 0 Å². The fourth-order valence-corrected chi connectivity index (χ4v) is 1.11. The van der Waals surface area contributed by atoms with Gasteiger partial charge < -0.3 is 4.74 Å². The van der Waals surface area contributed by atoms with Crippen molar-refractivity contribution >= 4 is 0 Å². The third-order valence-corrected chi connectivity index (χ3v) is 2.00. The standard InChI is InChI=1S/C10H12F6O/c1-3-5(7(11)9(13)14)17-6(4-2)8(12)10(15)16/h5-6H,3-4H2,1-2H3. The highest BCUT2D eigenvalue weighted by Gasteiger charge is 2.26. The van der Waals surface area contributed by atoms with Crippen molar-refractivity contribution in [2.75, 3.05) is 0 Å². The highest BCUT2D eigenvalue weighted by atomic mass is 19.3. The highest BCUT2D eigenvalue weighted by molar-refractivity contribution is 5.03. The van der Waals surface area contributed by atoms with E-state index in [1.807, 2.05) is 0 Å². The van der Waals surface area contributed by atoms with E-state index in [4.69, 9.17) is 0 Å². The fraction of sp³-hybridized carbons (Fsp3) is 0.600. The zero-order valence-corrected chi connectivity index (χ0v) is 9.24. The van der Waals surface area contributed by atoms with Crippen molar-refractivity contribution in [2.24, 2.45) is 0 Å². The summed E-state index contributed by atoms with van der Waals surface area (Å²) >= 11 is 0. The fourth-order valence-electron chi connectivity index (χ4n) is 1.11. The number of hydrogen-bond acceptors (Lipinski definition) is 1. The van der Waals surface area contributed by atoms with E-state index in [0.29, 0.717) is 0 Å². The van der Waals surface area contributed by atoms with Gasteiger partial charge in [0.05, 0.1) is 0 Å². The van der Waals surface area contributed by atoms with Crippen molar-refractivity contribution in [3.63, 3.8) is 0 Å². The molecule has 0 aromatic carbocycles. The molecule has 0 aromatic rings. The molecule has 0 fully saturated rings. The first kappa shape index (κ1) is 16.0. The Morgan fingerprint density at radius 3 is 1.24 bits per heavy atom. The van der Waals surface area contributed by atoms with Crippen LogP contribution in [0.5, 0.6) is 0 Å². The Labute approximate surface area is 94.8 Å². The van der Waals surface area contributed by atoms with E-state index in [0.717, 1.165) is 0 Å². The lowest BCUT2D eigenvalue weighted by molar-refractivity contribution is -0.00474. The first-order valence-corrected chi connectivity index (χ1v) is 4.91. The summed E-state index contributed by atoms with van der Waals surface area (Å²) in [5, 5.41) is 0. The van der Waals surface area contributed by atoms with Crippen LogP contribution in [-0.2, 0) is 4.74 Å². The average Bonchev–Trinajstić information content (AvgIpc) is 2.28. The van der Waals surface area contributed by atoms with Crippen LogP contribution in [-0.4, -0.2) is 12.2 Å². The summed E-state index contributed by atoms with van der Waals surface area (Å²) < 4.78 is 78.0. The zero-order chi connectivity index (χ0) is 13.6. The van der Waals surface area contributed by atoms with E-state index >= 15 is 0 Å². The van der Waals surface area contributed by atoms with Gasteiger partial charge in [-0.1, -0.05) is 13.8 Å². The van der Waals surface area contributed by atoms with Crippen LogP contribution in [0.15, 0.2) is 23.8 Å². The van der Waals surface area contributed by atoms with Crippen LogP contribution in [0.1, 0.15) is 26.7 Å². The lowest BCUT2D eigenvalue weighted by atomic mass is 10.2. The largest absolute Gasteiger partial charge is 0.360 e. The summed E-state index contributed by atoms with van der Waals surface area (Å²) in [6.07, 6.45) is -9.10. The molecule has 100 valence electrons. The second kappa shape index (κ2) is 7.37. The molecule has 7 heteroatoms. The van der Waals surface area contributed by atoms with Gasteiger partial charge in [0.1, 0.15) is 12.2 Å². The van der Waals surface area contributed by atoms with Crippen molar-refractivity contribution in [3.8, 4) is 0 Å². The van der Waals surface area contributed by atoms with Gasteiger partial charge in [-0.15, -0.1) is 0 Å². The van der Waals surface area contributed by atoms with Crippen molar-refractivity contribution in [3.05, 3.63) is 23.8 Å². The molecule has 0 aliphatic rings. The minimum absolute atomic E-state index is 0.221. The van der Waals surface area contributed by atoms with Crippen LogP contribution in [0.3, 0.4) is 0 Å². The van der Waals surface area contributed by atoms with Gasteiger partial charge in [0.15, 0.2) is 11.7 Å². The normalized spacial score (nSPS) is 14.1. The molecule has 1 nitrogen and oxygen atoms in total. The lowest BCUT2D eigenvalue weighted by Crippen LogP contribution is -2.23. The summed E-state index contributed by atoms with van der Waals surface area (Å²) in [5.74, 6) is -3.73. The summed E-state index contributed by atoms with van der Waals surface area (Å²) in [6, 6.07) is 0. The van der Waals surface area contributed by atoms with E-state index in [-0.39, 0.29) is 12.8 Å². The molecular weight excluding hydrogens is 250 g/mol. The van der Waals surface area contributed by atoms with Crippen molar-refractivity contribution in [2.45, 2.75) is 38.9 Å². The van der Waals surface area contributed by atoms with Gasteiger partial charge >= 0.3 is 12.2 Å². The predicted molar refractivity (Wildman–Crippen MR) is 49.9 cm³/mol. The van der Waals surface area contributed by atoms with E-state index in [1.54, 1.807) is 0 Å². The van der Waals surface area contributed by atoms with Crippen LogP contribution in [0, 0.1) is 0 Å². The molecule has 0 radical (unpaired) electrons. The molecule has 0 bridgehead atoms. The SMILES string of the molecule is CCC(OC(CC)C(F)=C(F)F)C(F)=C(F)F. The van der Waals surface area contributed by atoms with Crippen LogP contribution in [0.2, 0.25) is 0 Å². The molecule has 2 unspecified atom stereocenters. The van der Waals surface area contributed by atoms with Gasteiger partial charge in [0.2, 0.25) is 0 Å². The molecule has 0 rings (SSSR count). The van der Waals surface area contributed by atoms with Crippen LogP contribution >= 0.6 is 0 Å². The topological polar surface area (TPSA) is 9.23 Å². The summed E-state index contributed by atoms with van der Waals surface area (Å²) in [4.78, 5) is 0. The molecule has 0 aromatic heterocycles. The van der Waals surface area contributed by atoms with E-state index < -0.39 is 36.0 Å². The molecular formula is C10H12F6O. The first-order valence-electron chi connectivity index (χ1n) is 4.91. The Kier molecular flexibility index (Phi) is 6.94. The molecule has 0 amide bonds. The van der Waals surface area contributed by atoms with Crippen molar-refractivity contribution < 1.29 is 31.1 Å². The second-order valence-corrected chi connectivity index (χ2v) is 3.15. The average molecular weight is 262 g/mol. The summed E-state index contributed by atoms with van der Waals surface area (Å²) in [7, 11) is 0. The van der Waals surface area contributed by atoms with Crippen molar-refractivity contribution in [1.82, 2.24) is 0 Å². The molecule has 0 saturated heterocycles. The maximum absolute atomic E-state index is 12.8. The Balaban J connectivity index is 4.89. The van der Waals surface area contributed by atoms with E-state index in [9.17, 15) is 26.3 Å². The highest BCUT2D eigenvalue weighted by Crippen LogP contribution is 2.25. The number of ether oxygens (including phenoxy) is 1. The van der Waals surface area contributed by atoms with Gasteiger partial charge in [-0.2, -0.15) is 17.6 Å². The van der Waals surface area contributed by atoms with Crippen LogP contribution in [0.4, 0.5) is 26.3 Å². The summed E-state index contributed by atoms with van der Waals surface area (Å²) in [5.41, 5.74) is 0. The van der Waals surface area contributed by atoms with Gasteiger partial charge in [-0.3, -0.25) is 0 Å². The smallest absolute Gasteiger partial charge is 0.304 e. The number of hydrogen-bond donors (Lipinski definition) is 0. The second-order valence-electron chi connectivity index (χ2n) is 3.15. The van der Waals surface area contributed by atoms with Gasteiger partial charge in [0.25, 0.3) is 0 Å². The molecule has 0 aliphatic carbocycles. The zero-order valence-electron chi connectivity index (χ0n) is 9.24. The molecule has 0 heterocycles. The maximum Gasteiger partial charge on any atom is 0.304 e. The first-order chi connectivity index (χ1) is 7.84. The van der Waals surface area contributed by atoms with Gasteiger partial charge in [-0.05, 0) is 12.8 Å².